The van der Waals surface area contributed by atoms with Crippen LogP contribution in [-0.2, 0) is 0 Å². The van der Waals surface area contributed by atoms with E-state index in [4.69, 9.17) is 5.73 Å². The first-order chi connectivity index (χ1) is 8.27. The zero-order chi connectivity index (χ0) is 12.1. The average molecular weight is 224 g/mol. The highest BCUT2D eigenvalue weighted by atomic mass is 16.1. The van der Waals surface area contributed by atoms with Gasteiger partial charge >= 0.3 is 0 Å². The van der Waals surface area contributed by atoms with Gasteiger partial charge in [0.1, 0.15) is 0 Å². The van der Waals surface area contributed by atoms with Crippen molar-refractivity contribution in [3.05, 3.63) is 65.5 Å². The molecule has 0 spiro atoms. The lowest BCUT2D eigenvalue weighted by atomic mass is 10.1. The maximum absolute atomic E-state index is 11.2. The summed E-state index contributed by atoms with van der Waals surface area (Å²) in [5.41, 5.74) is 7.54. The van der Waals surface area contributed by atoms with Gasteiger partial charge in [-0.05, 0) is 17.2 Å². The molecule has 0 saturated heterocycles. The standard InChI is InChI=1S/C14H12N2O/c15-14(17)13-10-16-9-8-12(13)7-6-11-4-2-1-3-5-11/h1-10H,(H2,15,17)/b7-6+. The van der Waals surface area contributed by atoms with Gasteiger partial charge in [0.2, 0.25) is 0 Å². The maximum Gasteiger partial charge on any atom is 0.250 e. The fourth-order valence-electron chi connectivity index (χ4n) is 1.51. The number of carbonyl (C=O) groups excluding carboxylic acids is 1. The Labute approximate surface area is 99.6 Å². The molecule has 0 aliphatic carbocycles. The predicted octanol–water partition coefficient (Wildman–Crippen LogP) is 2.35. The fourth-order valence-corrected chi connectivity index (χ4v) is 1.51. The lowest BCUT2D eigenvalue weighted by molar-refractivity contribution is 0.1000. The molecule has 0 bridgehead atoms. The molecule has 0 saturated carbocycles. The molecule has 1 amide bonds. The molecule has 0 radical (unpaired) electrons. The van der Waals surface area contributed by atoms with Crippen molar-refractivity contribution in [2.24, 2.45) is 5.73 Å². The van der Waals surface area contributed by atoms with Gasteiger partial charge in [-0.15, -0.1) is 0 Å². The zero-order valence-electron chi connectivity index (χ0n) is 9.21. The van der Waals surface area contributed by atoms with E-state index >= 15 is 0 Å². The monoisotopic (exact) mass is 224 g/mol. The third-order valence-corrected chi connectivity index (χ3v) is 2.38. The normalized spacial score (nSPS) is 10.6. The molecule has 0 aliphatic heterocycles. The Balaban J connectivity index is 2.30. The number of hydrogen-bond acceptors (Lipinski definition) is 2. The average Bonchev–Trinajstić information content (AvgIpc) is 2.38. The largest absolute Gasteiger partial charge is 0.366 e. The molecule has 1 aromatic heterocycles. The van der Waals surface area contributed by atoms with E-state index in [1.165, 1.54) is 6.20 Å². The summed E-state index contributed by atoms with van der Waals surface area (Å²) in [7, 11) is 0. The first kappa shape index (κ1) is 11.1. The maximum atomic E-state index is 11.2. The van der Waals surface area contributed by atoms with Gasteiger partial charge in [0, 0.05) is 12.4 Å². The van der Waals surface area contributed by atoms with E-state index in [9.17, 15) is 4.79 Å². The van der Waals surface area contributed by atoms with Gasteiger partial charge in [0.25, 0.3) is 5.91 Å². The minimum Gasteiger partial charge on any atom is -0.366 e. The zero-order valence-corrected chi connectivity index (χ0v) is 9.21. The van der Waals surface area contributed by atoms with Gasteiger partial charge < -0.3 is 5.73 Å². The van der Waals surface area contributed by atoms with E-state index in [1.807, 2.05) is 42.5 Å². The Kier molecular flexibility index (Phi) is 3.31. The van der Waals surface area contributed by atoms with Gasteiger partial charge in [-0.3, -0.25) is 9.78 Å². The Morgan fingerprint density at radius 1 is 1.12 bits per heavy atom. The van der Waals surface area contributed by atoms with Crippen molar-refractivity contribution in [2.45, 2.75) is 0 Å². The van der Waals surface area contributed by atoms with E-state index in [2.05, 4.69) is 4.98 Å². The van der Waals surface area contributed by atoms with Crippen molar-refractivity contribution in [1.29, 1.82) is 0 Å². The summed E-state index contributed by atoms with van der Waals surface area (Å²) in [6, 6.07) is 11.6. The van der Waals surface area contributed by atoms with Crippen LogP contribution in [0.1, 0.15) is 21.5 Å². The van der Waals surface area contributed by atoms with Crippen LogP contribution in [0.25, 0.3) is 12.2 Å². The smallest absolute Gasteiger partial charge is 0.250 e. The van der Waals surface area contributed by atoms with Crippen molar-refractivity contribution in [3.63, 3.8) is 0 Å². The van der Waals surface area contributed by atoms with E-state index in [1.54, 1.807) is 12.3 Å². The number of hydrogen-bond donors (Lipinski definition) is 1. The lowest BCUT2D eigenvalue weighted by Crippen LogP contribution is -2.12. The number of amides is 1. The SMILES string of the molecule is NC(=O)c1cnccc1/C=C/c1ccccc1. The summed E-state index contributed by atoms with van der Waals surface area (Å²) in [6.45, 7) is 0. The van der Waals surface area contributed by atoms with Gasteiger partial charge in [-0.25, -0.2) is 0 Å². The highest BCUT2D eigenvalue weighted by molar-refractivity contribution is 5.97. The third kappa shape index (κ3) is 2.78. The predicted molar refractivity (Wildman–Crippen MR) is 68.1 cm³/mol. The molecule has 3 nitrogen and oxygen atoms in total. The highest BCUT2D eigenvalue weighted by Crippen LogP contribution is 2.11. The number of carbonyl (C=O) groups is 1. The molecular weight excluding hydrogens is 212 g/mol. The van der Waals surface area contributed by atoms with Gasteiger partial charge in [-0.2, -0.15) is 0 Å². The van der Waals surface area contributed by atoms with E-state index in [-0.39, 0.29) is 0 Å². The van der Waals surface area contributed by atoms with Crippen LogP contribution in [0.15, 0.2) is 48.8 Å². The van der Waals surface area contributed by atoms with Crippen LogP contribution in [0, 0.1) is 0 Å². The van der Waals surface area contributed by atoms with Crippen molar-refractivity contribution in [1.82, 2.24) is 4.98 Å². The summed E-state index contributed by atoms with van der Waals surface area (Å²) < 4.78 is 0. The van der Waals surface area contributed by atoms with Gasteiger partial charge in [-0.1, -0.05) is 42.5 Å². The number of nitrogens with zero attached hydrogens (tertiary/aromatic N) is 1. The Morgan fingerprint density at radius 2 is 1.88 bits per heavy atom. The minimum atomic E-state index is -0.467. The molecule has 0 fully saturated rings. The Morgan fingerprint density at radius 3 is 2.59 bits per heavy atom. The van der Waals surface area contributed by atoms with Crippen molar-refractivity contribution in [3.8, 4) is 0 Å². The lowest BCUT2D eigenvalue weighted by Gasteiger charge is -2.00. The Bertz CT molecular complexity index is 547. The van der Waals surface area contributed by atoms with E-state index < -0.39 is 5.91 Å². The number of rotatable bonds is 3. The molecule has 1 aromatic carbocycles. The molecule has 3 heteroatoms. The molecule has 0 atom stereocenters. The molecule has 2 N–H and O–H groups in total. The van der Waals surface area contributed by atoms with Gasteiger partial charge in [0.05, 0.1) is 5.56 Å². The van der Waals surface area contributed by atoms with Crippen LogP contribution < -0.4 is 5.73 Å². The summed E-state index contributed by atoms with van der Waals surface area (Å²) in [5.74, 6) is -0.467. The molecule has 0 unspecified atom stereocenters. The second-order valence-electron chi connectivity index (χ2n) is 3.57. The van der Waals surface area contributed by atoms with Crippen LogP contribution in [0.3, 0.4) is 0 Å². The first-order valence-corrected chi connectivity index (χ1v) is 5.24. The van der Waals surface area contributed by atoms with Crippen LogP contribution in [0.2, 0.25) is 0 Å². The van der Waals surface area contributed by atoms with Crippen LogP contribution in [0.5, 0.6) is 0 Å². The molecule has 2 rings (SSSR count). The third-order valence-electron chi connectivity index (χ3n) is 2.38. The molecule has 0 aliphatic rings. The second kappa shape index (κ2) is 5.07. The Hall–Kier alpha value is -2.42. The van der Waals surface area contributed by atoms with Crippen molar-refractivity contribution < 1.29 is 4.79 Å². The van der Waals surface area contributed by atoms with Crippen LogP contribution >= 0.6 is 0 Å². The summed E-state index contributed by atoms with van der Waals surface area (Å²) in [5, 5.41) is 0. The topological polar surface area (TPSA) is 56.0 Å². The van der Waals surface area contributed by atoms with Crippen LogP contribution in [-0.4, -0.2) is 10.9 Å². The van der Waals surface area contributed by atoms with Crippen molar-refractivity contribution >= 4 is 18.1 Å². The fraction of sp³-hybridized carbons (Fsp3) is 0. The molecule has 17 heavy (non-hydrogen) atoms. The van der Waals surface area contributed by atoms with Gasteiger partial charge in [0.15, 0.2) is 0 Å². The quantitative estimate of drug-likeness (QED) is 0.870. The van der Waals surface area contributed by atoms with Crippen molar-refractivity contribution in [2.75, 3.05) is 0 Å². The number of pyridine rings is 1. The number of primary amides is 1. The summed E-state index contributed by atoms with van der Waals surface area (Å²) >= 11 is 0. The highest BCUT2D eigenvalue weighted by Gasteiger charge is 2.04. The minimum absolute atomic E-state index is 0.430. The number of nitrogens with two attached hydrogens (primary N) is 1. The number of benzene rings is 1. The summed E-state index contributed by atoms with van der Waals surface area (Å²) in [6.07, 6.45) is 6.91. The van der Waals surface area contributed by atoms with E-state index in [0.717, 1.165) is 11.1 Å². The number of aromatic nitrogens is 1. The molecule has 1 heterocycles. The second-order valence-corrected chi connectivity index (χ2v) is 3.57. The summed E-state index contributed by atoms with van der Waals surface area (Å²) in [4.78, 5) is 15.1. The van der Waals surface area contributed by atoms with E-state index in [0.29, 0.717) is 5.56 Å². The van der Waals surface area contributed by atoms with Crippen LogP contribution in [0.4, 0.5) is 0 Å². The molecule has 84 valence electrons. The first-order valence-electron chi connectivity index (χ1n) is 5.24. The molecular formula is C14H12N2O. The molecule has 2 aromatic rings.